The molecule has 112 valence electrons. The molecule has 0 bridgehead atoms. The summed E-state index contributed by atoms with van der Waals surface area (Å²) in [4.78, 5) is 5.52. The highest BCUT2D eigenvalue weighted by Crippen LogP contribution is 2.40. The molecule has 3 heterocycles. The molecule has 4 rings (SSSR count). The van der Waals surface area contributed by atoms with Crippen LogP contribution in [0.4, 0.5) is 0 Å². The fraction of sp³-hybridized carbons (Fsp3) is 0.222. The van der Waals surface area contributed by atoms with Crippen LogP contribution in [0.1, 0.15) is 26.9 Å². The molecule has 2 aromatic heterocycles. The first-order chi connectivity index (χ1) is 10.8. The number of rotatable bonds is 3. The third-order valence-electron chi connectivity index (χ3n) is 4.21. The molecule has 0 N–H and O–H groups in total. The van der Waals surface area contributed by atoms with Gasteiger partial charge in [0, 0.05) is 27.9 Å². The van der Waals surface area contributed by atoms with Gasteiger partial charge in [-0.15, -0.1) is 22.7 Å². The van der Waals surface area contributed by atoms with Crippen molar-refractivity contribution < 1.29 is 0 Å². The molecule has 0 aliphatic carbocycles. The molecule has 1 aliphatic heterocycles. The molecule has 4 heteroatoms. The van der Waals surface area contributed by atoms with Crippen molar-refractivity contribution in [1.29, 1.82) is 0 Å². The van der Waals surface area contributed by atoms with E-state index in [-0.39, 0.29) is 0 Å². The zero-order valence-electron chi connectivity index (χ0n) is 12.0. The molecule has 22 heavy (non-hydrogen) atoms. The first-order valence-corrected chi connectivity index (χ1v) is 9.54. The predicted octanol–water partition coefficient (Wildman–Crippen LogP) is 5.61. The molecule has 0 spiro atoms. The largest absolute Gasteiger partial charge is 0.287 e. The van der Waals surface area contributed by atoms with E-state index in [2.05, 4.69) is 46.0 Å². The van der Waals surface area contributed by atoms with E-state index in [0.29, 0.717) is 6.04 Å². The minimum atomic E-state index is 0.367. The molecule has 0 saturated heterocycles. The quantitative estimate of drug-likeness (QED) is 0.596. The molecule has 0 saturated carbocycles. The molecule has 1 atom stereocenters. The minimum absolute atomic E-state index is 0.367. The van der Waals surface area contributed by atoms with Crippen LogP contribution in [0.25, 0.3) is 0 Å². The third kappa shape index (κ3) is 2.63. The fourth-order valence-electron chi connectivity index (χ4n) is 3.16. The van der Waals surface area contributed by atoms with Crippen LogP contribution >= 0.6 is 34.3 Å². The zero-order valence-corrected chi connectivity index (χ0v) is 14.4. The summed E-state index contributed by atoms with van der Waals surface area (Å²) in [5.41, 5.74) is 2.69. The lowest BCUT2D eigenvalue weighted by Gasteiger charge is -2.35. The maximum absolute atomic E-state index is 6.37. The second-order valence-electron chi connectivity index (χ2n) is 5.53. The number of nitrogens with zero attached hydrogens (tertiary/aromatic N) is 1. The zero-order chi connectivity index (χ0) is 14.9. The SMILES string of the molecule is Clc1ccccc1CN1CCc2sccc2C1c1cccs1. The van der Waals surface area contributed by atoms with Gasteiger partial charge >= 0.3 is 0 Å². The Kier molecular flexibility index (Phi) is 4.05. The van der Waals surface area contributed by atoms with Crippen LogP contribution in [-0.2, 0) is 13.0 Å². The van der Waals surface area contributed by atoms with E-state index in [1.54, 1.807) is 0 Å². The van der Waals surface area contributed by atoms with Gasteiger partial charge in [-0.05, 0) is 46.5 Å². The van der Waals surface area contributed by atoms with Gasteiger partial charge in [0.2, 0.25) is 0 Å². The van der Waals surface area contributed by atoms with Crippen molar-refractivity contribution in [3.05, 3.63) is 79.1 Å². The van der Waals surface area contributed by atoms with Crippen LogP contribution in [0.3, 0.4) is 0 Å². The molecule has 1 unspecified atom stereocenters. The second kappa shape index (κ2) is 6.17. The summed E-state index contributed by atoms with van der Waals surface area (Å²) < 4.78 is 0. The van der Waals surface area contributed by atoms with E-state index in [1.807, 2.05) is 34.8 Å². The Balaban J connectivity index is 1.71. The van der Waals surface area contributed by atoms with Gasteiger partial charge in [0.1, 0.15) is 0 Å². The standard InChI is InChI=1S/C18H16ClNS2/c19-15-5-2-1-4-13(15)12-20-9-7-16-14(8-11-22-16)18(20)17-6-3-10-21-17/h1-6,8,10-11,18H,7,9,12H2. The number of hydrogen-bond donors (Lipinski definition) is 0. The van der Waals surface area contributed by atoms with Crippen molar-refractivity contribution in [1.82, 2.24) is 4.90 Å². The Bertz CT molecular complexity index is 763. The molecule has 3 aromatic rings. The molecular formula is C18H16ClNS2. The van der Waals surface area contributed by atoms with E-state index in [9.17, 15) is 0 Å². The summed E-state index contributed by atoms with van der Waals surface area (Å²) in [6.07, 6.45) is 1.14. The van der Waals surface area contributed by atoms with Crippen molar-refractivity contribution in [2.45, 2.75) is 19.0 Å². The van der Waals surface area contributed by atoms with Crippen LogP contribution in [0.15, 0.2) is 53.2 Å². The highest BCUT2D eigenvalue weighted by atomic mass is 35.5. The fourth-order valence-corrected chi connectivity index (χ4v) is 5.14. The first kappa shape index (κ1) is 14.5. The Labute approximate surface area is 143 Å². The lowest BCUT2D eigenvalue weighted by molar-refractivity contribution is 0.209. The van der Waals surface area contributed by atoms with E-state index >= 15 is 0 Å². The van der Waals surface area contributed by atoms with E-state index in [0.717, 1.165) is 24.5 Å². The van der Waals surface area contributed by atoms with Crippen LogP contribution < -0.4 is 0 Å². The van der Waals surface area contributed by atoms with E-state index in [1.165, 1.54) is 20.9 Å². The van der Waals surface area contributed by atoms with E-state index in [4.69, 9.17) is 11.6 Å². The van der Waals surface area contributed by atoms with Crippen molar-refractivity contribution in [3.8, 4) is 0 Å². The first-order valence-electron chi connectivity index (χ1n) is 7.40. The van der Waals surface area contributed by atoms with Gasteiger partial charge in [-0.1, -0.05) is 35.9 Å². The molecule has 1 nitrogen and oxygen atoms in total. The van der Waals surface area contributed by atoms with Crippen LogP contribution in [0.2, 0.25) is 5.02 Å². The number of benzene rings is 1. The van der Waals surface area contributed by atoms with Gasteiger partial charge in [0.05, 0.1) is 6.04 Å². The van der Waals surface area contributed by atoms with Crippen LogP contribution in [-0.4, -0.2) is 11.4 Å². The van der Waals surface area contributed by atoms with Crippen molar-refractivity contribution in [2.75, 3.05) is 6.54 Å². The minimum Gasteiger partial charge on any atom is -0.287 e. The highest BCUT2D eigenvalue weighted by Gasteiger charge is 2.30. The lowest BCUT2D eigenvalue weighted by atomic mass is 9.98. The summed E-state index contributed by atoms with van der Waals surface area (Å²) in [7, 11) is 0. The normalized spacial score (nSPS) is 18.3. The Morgan fingerprint density at radius 1 is 1.05 bits per heavy atom. The molecule has 1 aromatic carbocycles. The Morgan fingerprint density at radius 2 is 1.95 bits per heavy atom. The number of halogens is 1. The number of thiophene rings is 2. The molecule has 0 radical (unpaired) electrons. The maximum Gasteiger partial charge on any atom is 0.0709 e. The van der Waals surface area contributed by atoms with Gasteiger partial charge in [-0.2, -0.15) is 0 Å². The second-order valence-corrected chi connectivity index (χ2v) is 7.92. The van der Waals surface area contributed by atoms with Crippen LogP contribution in [0, 0.1) is 0 Å². The highest BCUT2D eigenvalue weighted by molar-refractivity contribution is 7.10. The summed E-state index contributed by atoms with van der Waals surface area (Å²) in [5, 5.41) is 5.26. The van der Waals surface area contributed by atoms with Gasteiger partial charge < -0.3 is 0 Å². The number of fused-ring (bicyclic) bond motifs is 1. The van der Waals surface area contributed by atoms with Gasteiger partial charge in [0.15, 0.2) is 0 Å². The van der Waals surface area contributed by atoms with Gasteiger partial charge in [0.25, 0.3) is 0 Å². The topological polar surface area (TPSA) is 3.24 Å². The summed E-state index contributed by atoms with van der Waals surface area (Å²) in [6, 6.07) is 15.2. The Hall–Kier alpha value is -1.13. The molecule has 1 aliphatic rings. The summed E-state index contributed by atoms with van der Waals surface area (Å²) in [5.74, 6) is 0. The lowest BCUT2D eigenvalue weighted by Crippen LogP contribution is -2.34. The Morgan fingerprint density at radius 3 is 2.77 bits per heavy atom. The molecular weight excluding hydrogens is 330 g/mol. The monoisotopic (exact) mass is 345 g/mol. The number of hydrogen-bond acceptors (Lipinski definition) is 3. The van der Waals surface area contributed by atoms with Crippen molar-refractivity contribution in [3.63, 3.8) is 0 Å². The maximum atomic E-state index is 6.37. The van der Waals surface area contributed by atoms with Gasteiger partial charge in [-0.3, -0.25) is 4.90 Å². The van der Waals surface area contributed by atoms with Crippen molar-refractivity contribution in [2.24, 2.45) is 0 Å². The van der Waals surface area contributed by atoms with Crippen molar-refractivity contribution >= 4 is 34.3 Å². The smallest absolute Gasteiger partial charge is 0.0709 e. The summed E-state index contributed by atoms with van der Waals surface area (Å²) >= 11 is 10.1. The summed E-state index contributed by atoms with van der Waals surface area (Å²) in [6.45, 7) is 1.98. The molecule has 0 fully saturated rings. The van der Waals surface area contributed by atoms with E-state index < -0.39 is 0 Å². The van der Waals surface area contributed by atoms with Crippen LogP contribution in [0.5, 0.6) is 0 Å². The average Bonchev–Trinajstić information content (AvgIpc) is 3.20. The molecule has 0 amide bonds. The third-order valence-corrected chi connectivity index (χ3v) is 6.50. The van der Waals surface area contributed by atoms with Gasteiger partial charge in [-0.25, -0.2) is 0 Å². The predicted molar refractivity (Wildman–Crippen MR) is 96.0 cm³/mol. The average molecular weight is 346 g/mol.